The molecule has 1 aliphatic rings. The summed E-state index contributed by atoms with van der Waals surface area (Å²) in [7, 11) is 0. The van der Waals surface area contributed by atoms with Crippen LogP contribution in [0.1, 0.15) is 13.3 Å². The third kappa shape index (κ3) is 1.80. The first-order valence-electron chi connectivity index (χ1n) is 4.52. The van der Waals surface area contributed by atoms with Gasteiger partial charge in [-0.2, -0.15) is 0 Å². The lowest BCUT2D eigenvalue weighted by molar-refractivity contribution is 0.270. The molecule has 3 nitrogen and oxygen atoms in total. The van der Waals surface area contributed by atoms with E-state index in [1.807, 2.05) is 12.1 Å². The summed E-state index contributed by atoms with van der Waals surface area (Å²) in [6.45, 7) is 2.74. The summed E-state index contributed by atoms with van der Waals surface area (Å²) in [5.41, 5.74) is 5.91. The molecule has 2 atom stereocenters. The normalized spacial score (nSPS) is 31.4. The van der Waals surface area contributed by atoms with Crippen molar-refractivity contribution < 1.29 is 4.74 Å². The molecule has 1 aliphatic carbocycles. The minimum Gasteiger partial charge on any atom is -0.490 e. The molecule has 2 unspecified atom stereocenters. The van der Waals surface area contributed by atoms with Crippen molar-refractivity contribution >= 4 is 0 Å². The van der Waals surface area contributed by atoms with Gasteiger partial charge in [0.05, 0.1) is 11.7 Å². The second kappa shape index (κ2) is 3.00. The van der Waals surface area contributed by atoms with Crippen molar-refractivity contribution in [3.8, 4) is 5.75 Å². The second-order valence-corrected chi connectivity index (χ2v) is 3.82. The fourth-order valence-corrected chi connectivity index (χ4v) is 1.36. The minimum absolute atomic E-state index is 0.0875. The Morgan fingerprint density at radius 1 is 1.77 bits per heavy atom. The summed E-state index contributed by atoms with van der Waals surface area (Å²) >= 11 is 0. The summed E-state index contributed by atoms with van der Waals surface area (Å²) < 4.78 is 5.52. The fraction of sp³-hybridized carbons (Fsp3) is 0.500. The van der Waals surface area contributed by atoms with Crippen LogP contribution in [0.25, 0.3) is 0 Å². The average Bonchev–Trinajstić information content (AvgIpc) is 2.74. The second-order valence-electron chi connectivity index (χ2n) is 3.82. The summed E-state index contributed by atoms with van der Waals surface area (Å²) in [5, 5.41) is 0. The van der Waals surface area contributed by atoms with Gasteiger partial charge < -0.3 is 10.5 Å². The fourth-order valence-electron chi connectivity index (χ4n) is 1.36. The van der Waals surface area contributed by atoms with Crippen molar-refractivity contribution in [2.75, 3.05) is 6.61 Å². The smallest absolute Gasteiger partial charge is 0.137 e. The number of nitrogens with two attached hydrogens (primary N) is 1. The van der Waals surface area contributed by atoms with Crippen molar-refractivity contribution in [2.24, 2.45) is 11.7 Å². The molecule has 0 bridgehead atoms. The topological polar surface area (TPSA) is 48.1 Å². The zero-order valence-corrected chi connectivity index (χ0v) is 7.73. The van der Waals surface area contributed by atoms with Crippen LogP contribution >= 0.6 is 0 Å². The van der Waals surface area contributed by atoms with Crippen molar-refractivity contribution in [3.05, 3.63) is 24.5 Å². The van der Waals surface area contributed by atoms with E-state index in [-0.39, 0.29) is 5.54 Å². The maximum atomic E-state index is 5.99. The SMILES string of the molecule is CC1CC1(N)COc1cccnc1. The van der Waals surface area contributed by atoms with Crippen LogP contribution < -0.4 is 10.5 Å². The summed E-state index contributed by atoms with van der Waals surface area (Å²) in [6, 6.07) is 3.75. The molecule has 0 radical (unpaired) electrons. The number of hydrogen-bond acceptors (Lipinski definition) is 3. The lowest BCUT2D eigenvalue weighted by Crippen LogP contribution is -2.32. The van der Waals surface area contributed by atoms with E-state index < -0.39 is 0 Å². The number of pyridine rings is 1. The maximum Gasteiger partial charge on any atom is 0.137 e. The van der Waals surface area contributed by atoms with Gasteiger partial charge in [-0.25, -0.2) is 0 Å². The van der Waals surface area contributed by atoms with E-state index in [1.54, 1.807) is 12.4 Å². The van der Waals surface area contributed by atoms with Gasteiger partial charge >= 0.3 is 0 Å². The van der Waals surface area contributed by atoms with Gasteiger partial charge in [-0.3, -0.25) is 4.98 Å². The monoisotopic (exact) mass is 178 g/mol. The van der Waals surface area contributed by atoms with E-state index in [4.69, 9.17) is 10.5 Å². The van der Waals surface area contributed by atoms with E-state index in [1.165, 1.54) is 0 Å². The lowest BCUT2D eigenvalue weighted by Gasteiger charge is -2.11. The van der Waals surface area contributed by atoms with Crippen LogP contribution in [0.4, 0.5) is 0 Å². The highest BCUT2D eigenvalue weighted by molar-refractivity contribution is 5.17. The average molecular weight is 178 g/mol. The Morgan fingerprint density at radius 3 is 3.08 bits per heavy atom. The van der Waals surface area contributed by atoms with Crippen LogP contribution in [0.15, 0.2) is 24.5 Å². The zero-order valence-electron chi connectivity index (χ0n) is 7.73. The summed E-state index contributed by atoms with van der Waals surface area (Å²) in [6.07, 6.45) is 4.49. The number of ether oxygens (including phenoxy) is 1. The Morgan fingerprint density at radius 2 is 2.54 bits per heavy atom. The number of aromatic nitrogens is 1. The van der Waals surface area contributed by atoms with Crippen LogP contribution in [0.3, 0.4) is 0 Å². The Kier molecular flexibility index (Phi) is 1.96. The maximum absolute atomic E-state index is 5.99. The summed E-state index contributed by atoms with van der Waals surface area (Å²) in [4.78, 5) is 3.96. The van der Waals surface area contributed by atoms with Gasteiger partial charge in [0.1, 0.15) is 12.4 Å². The largest absolute Gasteiger partial charge is 0.490 e. The molecule has 2 rings (SSSR count). The number of hydrogen-bond donors (Lipinski definition) is 1. The highest BCUT2D eigenvalue weighted by atomic mass is 16.5. The van der Waals surface area contributed by atoms with Gasteiger partial charge in [0.25, 0.3) is 0 Å². The molecule has 1 fully saturated rings. The number of nitrogens with zero attached hydrogens (tertiary/aromatic N) is 1. The van der Waals surface area contributed by atoms with E-state index in [2.05, 4.69) is 11.9 Å². The third-order valence-corrected chi connectivity index (χ3v) is 2.65. The minimum atomic E-state index is -0.0875. The van der Waals surface area contributed by atoms with Gasteiger partial charge in [0.15, 0.2) is 0 Å². The molecule has 13 heavy (non-hydrogen) atoms. The lowest BCUT2D eigenvalue weighted by atomic mass is 10.2. The van der Waals surface area contributed by atoms with Crippen molar-refractivity contribution in [1.82, 2.24) is 4.98 Å². The molecule has 70 valence electrons. The number of rotatable bonds is 3. The van der Waals surface area contributed by atoms with Crippen LogP contribution in [0.2, 0.25) is 0 Å². The molecule has 3 heteroatoms. The van der Waals surface area contributed by atoms with E-state index in [0.29, 0.717) is 12.5 Å². The van der Waals surface area contributed by atoms with Crippen molar-refractivity contribution in [2.45, 2.75) is 18.9 Å². The van der Waals surface area contributed by atoms with Crippen LogP contribution in [-0.2, 0) is 0 Å². The molecule has 0 aromatic carbocycles. The highest BCUT2D eigenvalue weighted by Gasteiger charge is 2.48. The molecule has 0 saturated heterocycles. The Balaban J connectivity index is 1.87. The molecule has 1 aromatic rings. The quantitative estimate of drug-likeness (QED) is 0.756. The summed E-state index contributed by atoms with van der Waals surface area (Å²) in [5.74, 6) is 1.38. The van der Waals surface area contributed by atoms with Gasteiger partial charge in [0, 0.05) is 6.20 Å². The van der Waals surface area contributed by atoms with Gasteiger partial charge in [-0.15, -0.1) is 0 Å². The van der Waals surface area contributed by atoms with E-state index >= 15 is 0 Å². The standard InChI is InChI=1S/C10H14N2O/c1-8-5-10(8,11)7-13-9-3-2-4-12-6-9/h2-4,6,8H,5,7,11H2,1H3. The first-order valence-corrected chi connectivity index (χ1v) is 4.52. The Labute approximate surface area is 77.9 Å². The molecule has 0 amide bonds. The van der Waals surface area contributed by atoms with Crippen LogP contribution in [-0.4, -0.2) is 17.1 Å². The predicted octanol–water partition coefficient (Wildman–Crippen LogP) is 1.20. The van der Waals surface area contributed by atoms with E-state index in [0.717, 1.165) is 12.2 Å². The molecular weight excluding hydrogens is 164 g/mol. The van der Waals surface area contributed by atoms with Crippen molar-refractivity contribution in [3.63, 3.8) is 0 Å². The van der Waals surface area contributed by atoms with E-state index in [9.17, 15) is 0 Å². The van der Waals surface area contributed by atoms with Gasteiger partial charge in [-0.1, -0.05) is 6.92 Å². The van der Waals surface area contributed by atoms with Crippen LogP contribution in [0.5, 0.6) is 5.75 Å². The highest BCUT2D eigenvalue weighted by Crippen LogP contribution is 2.40. The molecule has 1 aromatic heterocycles. The van der Waals surface area contributed by atoms with Gasteiger partial charge in [0.2, 0.25) is 0 Å². The predicted molar refractivity (Wildman–Crippen MR) is 50.4 cm³/mol. The third-order valence-electron chi connectivity index (χ3n) is 2.65. The molecule has 1 heterocycles. The first-order chi connectivity index (χ1) is 6.21. The molecular formula is C10H14N2O. The van der Waals surface area contributed by atoms with Crippen molar-refractivity contribution in [1.29, 1.82) is 0 Å². The van der Waals surface area contributed by atoms with Crippen LogP contribution in [0, 0.1) is 5.92 Å². The van der Waals surface area contributed by atoms with Gasteiger partial charge in [-0.05, 0) is 24.5 Å². The first kappa shape index (κ1) is 8.51. The molecule has 1 saturated carbocycles. The molecule has 2 N–H and O–H groups in total. The Bertz CT molecular complexity index is 288. The molecule has 0 spiro atoms. The zero-order chi connectivity index (χ0) is 9.31. The molecule has 0 aliphatic heterocycles. The Hall–Kier alpha value is -1.09.